The van der Waals surface area contributed by atoms with Crippen molar-refractivity contribution in [1.82, 2.24) is 13.9 Å². The molecule has 2 rings (SSSR count). The first-order chi connectivity index (χ1) is 13.2. The van der Waals surface area contributed by atoms with E-state index in [1.165, 1.54) is 22.7 Å². The topological polar surface area (TPSA) is 98.8 Å². The van der Waals surface area contributed by atoms with Gasteiger partial charge in [0.05, 0.1) is 11.3 Å². The predicted molar refractivity (Wildman–Crippen MR) is 109 cm³/mol. The number of para-hydroxylation sites is 1. The van der Waals surface area contributed by atoms with Crippen molar-refractivity contribution in [2.75, 3.05) is 32.5 Å². The fraction of sp³-hybridized carbons (Fsp3) is 0.579. The lowest BCUT2D eigenvalue weighted by Crippen LogP contribution is -2.46. The van der Waals surface area contributed by atoms with Crippen molar-refractivity contribution >= 4 is 27.7 Å². The van der Waals surface area contributed by atoms with Crippen LogP contribution in [0.3, 0.4) is 0 Å². The third-order valence-corrected chi connectivity index (χ3v) is 6.97. The Morgan fingerprint density at radius 3 is 2.39 bits per heavy atom. The number of benzene rings is 1. The minimum atomic E-state index is -3.46. The maximum Gasteiger partial charge on any atom is 0.281 e. The molecule has 1 heterocycles. The van der Waals surface area contributed by atoms with Gasteiger partial charge in [0.2, 0.25) is 5.91 Å². The van der Waals surface area contributed by atoms with E-state index in [-0.39, 0.29) is 23.8 Å². The number of amides is 2. The van der Waals surface area contributed by atoms with E-state index in [1.54, 1.807) is 24.3 Å². The van der Waals surface area contributed by atoms with Gasteiger partial charge in [0.25, 0.3) is 16.1 Å². The molecule has 1 fully saturated rings. The van der Waals surface area contributed by atoms with Gasteiger partial charge in [-0.15, -0.1) is 0 Å². The van der Waals surface area contributed by atoms with E-state index in [2.05, 4.69) is 10.6 Å². The van der Waals surface area contributed by atoms with Gasteiger partial charge < -0.3 is 10.6 Å². The molecule has 1 aromatic rings. The number of hydrogen-bond donors (Lipinski definition) is 2. The standard InChI is InChI=1S/C19H30N4O4S/c1-5-14(2)20-19(25)16-8-6-7-9-17(16)21-18(24)15-10-12-23(13-11-15)28(26,27)22(3)4/h6-9,14-15H,5,10-13H2,1-4H3,(H,20,25)(H,21,24)/t14-/m1/s1. The van der Waals surface area contributed by atoms with Crippen LogP contribution in [0.15, 0.2) is 24.3 Å². The number of hydrogen-bond acceptors (Lipinski definition) is 4. The number of piperidine rings is 1. The lowest BCUT2D eigenvalue weighted by atomic mass is 9.97. The average Bonchev–Trinajstić information content (AvgIpc) is 2.68. The van der Waals surface area contributed by atoms with Gasteiger partial charge >= 0.3 is 0 Å². The number of nitrogens with one attached hydrogen (secondary N) is 2. The zero-order chi connectivity index (χ0) is 20.9. The van der Waals surface area contributed by atoms with Gasteiger partial charge in [0, 0.05) is 39.1 Å². The number of carbonyl (C=O) groups is 2. The molecule has 0 saturated carbocycles. The van der Waals surface area contributed by atoms with Gasteiger partial charge in [-0.05, 0) is 38.3 Å². The summed E-state index contributed by atoms with van der Waals surface area (Å²) in [6.07, 6.45) is 1.70. The van der Waals surface area contributed by atoms with E-state index in [4.69, 9.17) is 0 Å². The Hall–Kier alpha value is -1.97. The van der Waals surface area contributed by atoms with E-state index >= 15 is 0 Å². The molecule has 1 aliphatic rings. The van der Waals surface area contributed by atoms with Crippen molar-refractivity contribution < 1.29 is 18.0 Å². The van der Waals surface area contributed by atoms with Crippen LogP contribution in [0.1, 0.15) is 43.5 Å². The lowest BCUT2D eigenvalue weighted by Gasteiger charge is -2.32. The van der Waals surface area contributed by atoms with Gasteiger partial charge in [-0.25, -0.2) is 0 Å². The quantitative estimate of drug-likeness (QED) is 0.714. The summed E-state index contributed by atoms with van der Waals surface area (Å²) in [5.41, 5.74) is 0.889. The summed E-state index contributed by atoms with van der Waals surface area (Å²) in [5, 5.41) is 5.75. The van der Waals surface area contributed by atoms with Crippen molar-refractivity contribution in [3.05, 3.63) is 29.8 Å². The van der Waals surface area contributed by atoms with Gasteiger partial charge in [-0.1, -0.05) is 19.1 Å². The first-order valence-electron chi connectivity index (χ1n) is 9.55. The molecule has 1 saturated heterocycles. The van der Waals surface area contributed by atoms with E-state index in [0.717, 1.165) is 6.42 Å². The van der Waals surface area contributed by atoms with Crippen molar-refractivity contribution in [3.63, 3.8) is 0 Å². The van der Waals surface area contributed by atoms with Crippen molar-refractivity contribution in [1.29, 1.82) is 0 Å². The second-order valence-electron chi connectivity index (χ2n) is 7.28. The summed E-state index contributed by atoms with van der Waals surface area (Å²) in [5.74, 6) is -0.706. The summed E-state index contributed by atoms with van der Waals surface area (Å²) in [6.45, 7) is 4.51. The van der Waals surface area contributed by atoms with E-state index in [1.807, 2.05) is 13.8 Å². The molecule has 0 aromatic heterocycles. The van der Waals surface area contributed by atoms with Crippen LogP contribution in [0, 0.1) is 5.92 Å². The van der Waals surface area contributed by atoms with Gasteiger partial charge in [0.1, 0.15) is 0 Å². The maximum absolute atomic E-state index is 12.7. The molecule has 1 aliphatic heterocycles. The molecular weight excluding hydrogens is 380 g/mol. The predicted octanol–water partition coefficient (Wildman–Crippen LogP) is 1.67. The van der Waals surface area contributed by atoms with Gasteiger partial charge in [-0.2, -0.15) is 17.0 Å². The molecule has 0 unspecified atom stereocenters. The zero-order valence-electron chi connectivity index (χ0n) is 16.9. The second kappa shape index (κ2) is 9.49. The van der Waals surface area contributed by atoms with Gasteiger partial charge in [-0.3, -0.25) is 9.59 Å². The molecule has 0 radical (unpaired) electrons. The van der Waals surface area contributed by atoms with Crippen LogP contribution >= 0.6 is 0 Å². The Balaban J connectivity index is 2.02. The van der Waals surface area contributed by atoms with E-state index in [9.17, 15) is 18.0 Å². The smallest absolute Gasteiger partial charge is 0.281 e. The summed E-state index contributed by atoms with van der Waals surface area (Å²) >= 11 is 0. The van der Waals surface area contributed by atoms with Crippen LogP contribution in [0.4, 0.5) is 5.69 Å². The second-order valence-corrected chi connectivity index (χ2v) is 9.42. The highest BCUT2D eigenvalue weighted by molar-refractivity contribution is 7.86. The molecule has 156 valence electrons. The highest BCUT2D eigenvalue weighted by Crippen LogP contribution is 2.23. The summed E-state index contributed by atoms with van der Waals surface area (Å²) in [6, 6.07) is 6.95. The normalized spacial score (nSPS) is 17.3. The largest absolute Gasteiger partial charge is 0.350 e. The average molecular weight is 411 g/mol. The Labute approximate surface area is 167 Å². The van der Waals surface area contributed by atoms with E-state index in [0.29, 0.717) is 37.2 Å². The number of nitrogens with zero attached hydrogens (tertiary/aromatic N) is 2. The maximum atomic E-state index is 12.7. The van der Waals surface area contributed by atoms with Crippen molar-refractivity contribution in [2.24, 2.45) is 5.92 Å². The molecule has 0 spiro atoms. The van der Waals surface area contributed by atoms with Crippen LogP contribution in [-0.4, -0.2) is 62.1 Å². The SMILES string of the molecule is CC[C@@H](C)NC(=O)c1ccccc1NC(=O)C1CCN(S(=O)(=O)N(C)C)CC1. The van der Waals surface area contributed by atoms with E-state index < -0.39 is 10.2 Å². The fourth-order valence-corrected chi connectivity index (χ4v) is 4.14. The van der Waals surface area contributed by atoms with Crippen molar-refractivity contribution in [2.45, 2.75) is 39.2 Å². The number of anilines is 1. The molecule has 1 aromatic carbocycles. The van der Waals surface area contributed by atoms with Crippen LogP contribution < -0.4 is 10.6 Å². The molecule has 1 atom stereocenters. The number of carbonyl (C=O) groups excluding carboxylic acids is 2. The Morgan fingerprint density at radius 2 is 1.82 bits per heavy atom. The molecule has 2 amide bonds. The Morgan fingerprint density at radius 1 is 1.21 bits per heavy atom. The van der Waals surface area contributed by atoms with Crippen LogP contribution in [0.2, 0.25) is 0 Å². The third-order valence-electron chi connectivity index (χ3n) is 5.03. The molecule has 0 aliphatic carbocycles. The lowest BCUT2D eigenvalue weighted by molar-refractivity contribution is -0.120. The summed E-state index contributed by atoms with van der Waals surface area (Å²) < 4.78 is 27.0. The minimum Gasteiger partial charge on any atom is -0.350 e. The van der Waals surface area contributed by atoms with Crippen LogP contribution in [0.5, 0.6) is 0 Å². The monoisotopic (exact) mass is 410 g/mol. The molecular formula is C19H30N4O4S. The third kappa shape index (κ3) is 5.30. The first kappa shape index (κ1) is 22.3. The minimum absolute atomic E-state index is 0.0410. The first-order valence-corrected chi connectivity index (χ1v) is 10.9. The van der Waals surface area contributed by atoms with Crippen molar-refractivity contribution in [3.8, 4) is 0 Å². The molecule has 9 heteroatoms. The Kier molecular flexibility index (Phi) is 7.56. The number of rotatable bonds is 7. The molecule has 2 N–H and O–H groups in total. The highest BCUT2D eigenvalue weighted by atomic mass is 32.2. The van der Waals surface area contributed by atoms with Gasteiger partial charge in [0.15, 0.2) is 0 Å². The molecule has 0 bridgehead atoms. The van der Waals surface area contributed by atoms with Crippen LogP contribution in [0.25, 0.3) is 0 Å². The highest BCUT2D eigenvalue weighted by Gasteiger charge is 2.32. The summed E-state index contributed by atoms with van der Waals surface area (Å²) in [4.78, 5) is 25.2. The Bertz CT molecular complexity index is 802. The zero-order valence-corrected chi connectivity index (χ0v) is 17.8. The van der Waals surface area contributed by atoms with Crippen LogP contribution in [-0.2, 0) is 15.0 Å². The molecule has 28 heavy (non-hydrogen) atoms. The fourth-order valence-electron chi connectivity index (χ4n) is 3.01. The molecule has 8 nitrogen and oxygen atoms in total. The summed E-state index contributed by atoms with van der Waals surface area (Å²) in [7, 11) is -0.467.